The summed E-state index contributed by atoms with van der Waals surface area (Å²) in [5, 5.41) is 0.696. The summed E-state index contributed by atoms with van der Waals surface area (Å²) in [4.78, 5) is 0. The molecule has 1 aliphatic heterocycles. The van der Waals surface area contributed by atoms with Crippen LogP contribution in [0.3, 0.4) is 0 Å². The topological polar surface area (TPSA) is 18.5 Å². The number of ether oxygens (including phenoxy) is 2. The average Bonchev–Trinajstić information content (AvgIpc) is 2.53. The van der Waals surface area contributed by atoms with Gasteiger partial charge in [0.25, 0.3) is 0 Å². The molecule has 0 aromatic heterocycles. The molecule has 1 aliphatic rings. The van der Waals surface area contributed by atoms with Crippen molar-refractivity contribution in [1.82, 2.24) is 0 Å². The van der Waals surface area contributed by atoms with Gasteiger partial charge < -0.3 is 9.47 Å². The summed E-state index contributed by atoms with van der Waals surface area (Å²) in [6.07, 6.45) is -0.134. The van der Waals surface area contributed by atoms with Crippen LogP contribution in [-0.4, -0.2) is 12.7 Å². The highest BCUT2D eigenvalue weighted by molar-refractivity contribution is 6.31. The van der Waals surface area contributed by atoms with Crippen LogP contribution in [0.25, 0.3) is 0 Å². The van der Waals surface area contributed by atoms with Crippen LogP contribution in [0.15, 0.2) is 24.3 Å². The predicted octanol–water partition coefficient (Wildman–Crippen LogP) is 2.77. The molecule has 1 saturated heterocycles. The molecule has 3 heteroatoms. The van der Waals surface area contributed by atoms with Crippen molar-refractivity contribution in [2.45, 2.75) is 19.3 Å². The van der Waals surface area contributed by atoms with Crippen LogP contribution in [0.5, 0.6) is 0 Å². The van der Waals surface area contributed by atoms with E-state index in [0.717, 1.165) is 5.56 Å². The fourth-order valence-corrected chi connectivity index (χ4v) is 1.57. The summed E-state index contributed by atoms with van der Waals surface area (Å²) in [7, 11) is 0. The van der Waals surface area contributed by atoms with Crippen LogP contribution in [0.1, 0.15) is 18.8 Å². The van der Waals surface area contributed by atoms with Crippen molar-refractivity contribution in [3.63, 3.8) is 0 Å². The van der Waals surface area contributed by atoms with Crippen molar-refractivity contribution in [2.75, 3.05) is 6.61 Å². The van der Waals surface area contributed by atoms with E-state index in [1.807, 2.05) is 31.2 Å². The van der Waals surface area contributed by atoms with Gasteiger partial charge in [0.2, 0.25) is 0 Å². The Bertz CT molecular complexity index is 301. The molecular weight excluding hydrogens is 188 g/mol. The Morgan fingerprint density at radius 3 is 2.77 bits per heavy atom. The number of benzene rings is 1. The van der Waals surface area contributed by atoms with E-state index in [0.29, 0.717) is 11.6 Å². The normalized spacial score (nSPS) is 27.8. The van der Waals surface area contributed by atoms with E-state index in [2.05, 4.69) is 0 Å². The zero-order chi connectivity index (χ0) is 9.26. The van der Waals surface area contributed by atoms with Gasteiger partial charge in [-0.2, -0.15) is 0 Å². The summed E-state index contributed by atoms with van der Waals surface area (Å²) in [5.41, 5.74) is 0.911. The third kappa shape index (κ3) is 1.85. The van der Waals surface area contributed by atoms with Crippen molar-refractivity contribution in [3.8, 4) is 0 Å². The molecule has 0 spiro atoms. The maximum atomic E-state index is 5.99. The van der Waals surface area contributed by atoms with Gasteiger partial charge in [0.05, 0.1) is 12.7 Å². The van der Waals surface area contributed by atoms with Crippen LogP contribution < -0.4 is 0 Å². The molecule has 1 fully saturated rings. The highest BCUT2D eigenvalue weighted by atomic mass is 35.5. The summed E-state index contributed by atoms with van der Waals surface area (Å²) in [6, 6.07) is 7.58. The Labute approximate surface area is 82.4 Å². The van der Waals surface area contributed by atoms with Crippen LogP contribution >= 0.6 is 11.6 Å². The Morgan fingerprint density at radius 2 is 2.15 bits per heavy atom. The van der Waals surface area contributed by atoms with Gasteiger partial charge in [0.1, 0.15) is 0 Å². The predicted molar refractivity (Wildman–Crippen MR) is 50.7 cm³/mol. The minimum Gasteiger partial charge on any atom is -0.346 e. The average molecular weight is 199 g/mol. The third-order valence-electron chi connectivity index (χ3n) is 2.00. The fourth-order valence-electron chi connectivity index (χ4n) is 1.34. The van der Waals surface area contributed by atoms with Gasteiger partial charge in [-0.3, -0.25) is 0 Å². The molecule has 1 aromatic rings. The van der Waals surface area contributed by atoms with E-state index in [9.17, 15) is 0 Å². The maximum absolute atomic E-state index is 5.99. The molecule has 2 unspecified atom stereocenters. The van der Waals surface area contributed by atoms with Crippen molar-refractivity contribution < 1.29 is 9.47 Å². The van der Waals surface area contributed by atoms with Crippen molar-refractivity contribution >= 4 is 11.6 Å². The SMILES string of the molecule is CC1COC(c2ccccc2Cl)O1. The lowest BCUT2D eigenvalue weighted by Gasteiger charge is -2.11. The van der Waals surface area contributed by atoms with Crippen molar-refractivity contribution in [3.05, 3.63) is 34.9 Å². The second-order valence-corrected chi connectivity index (χ2v) is 3.54. The Kier molecular flexibility index (Phi) is 2.54. The molecule has 0 N–H and O–H groups in total. The summed E-state index contributed by atoms with van der Waals surface area (Å²) in [6.45, 7) is 2.62. The first-order chi connectivity index (χ1) is 6.27. The minimum atomic E-state index is -0.288. The summed E-state index contributed by atoms with van der Waals surface area (Å²) in [5.74, 6) is 0. The Morgan fingerprint density at radius 1 is 1.38 bits per heavy atom. The van der Waals surface area contributed by atoms with Gasteiger partial charge in [0, 0.05) is 10.6 Å². The van der Waals surface area contributed by atoms with Gasteiger partial charge in [-0.1, -0.05) is 29.8 Å². The number of hydrogen-bond acceptors (Lipinski definition) is 2. The summed E-state index contributed by atoms with van der Waals surface area (Å²) < 4.78 is 10.9. The first kappa shape index (κ1) is 9.00. The molecule has 0 aliphatic carbocycles. The van der Waals surface area contributed by atoms with Gasteiger partial charge in [-0.15, -0.1) is 0 Å². The lowest BCUT2D eigenvalue weighted by Crippen LogP contribution is -2.02. The number of halogens is 1. The highest BCUT2D eigenvalue weighted by Gasteiger charge is 2.25. The van der Waals surface area contributed by atoms with Gasteiger partial charge in [-0.05, 0) is 13.0 Å². The standard InChI is InChI=1S/C10H11ClO2/c1-7-6-12-10(13-7)8-4-2-3-5-9(8)11/h2-5,7,10H,6H2,1H3. The zero-order valence-electron chi connectivity index (χ0n) is 7.37. The Balaban J connectivity index is 2.21. The first-order valence-electron chi connectivity index (χ1n) is 4.29. The van der Waals surface area contributed by atoms with Gasteiger partial charge >= 0.3 is 0 Å². The molecule has 70 valence electrons. The molecule has 2 nitrogen and oxygen atoms in total. The van der Waals surface area contributed by atoms with E-state index in [1.54, 1.807) is 0 Å². The molecule has 1 aromatic carbocycles. The van der Waals surface area contributed by atoms with E-state index >= 15 is 0 Å². The molecule has 0 saturated carbocycles. The summed E-state index contributed by atoms with van der Waals surface area (Å²) >= 11 is 5.99. The minimum absolute atomic E-state index is 0.154. The highest BCUT2D eigenvalue weighted by Crippen LogP contribution is 2.31. The number of hydrogen-bond donors (Lipinski definition) is 0. The smallest absolute Gasteiger partial charge is 0.185 e. The number of rotatable bonds is 1. The molecule has 0 radical (unpaired) electrons. The lowest BCUT2D eigenvalue weighted by molar-refractivity contribution is -0.0571. The van der Waals surface area contributed by atoms with Gasteiger partial charge in [0.15, 0.2) is 6.29 Å². The molecule has 0 bridgehead atoms. The van der Waals surface area contributed by atoms with E-state index < -0.39 is 0 Å². The zero-order valence-corrected chi connectivity index (χ0v) is 8.12. The fraction of sp³-hybridized carbons (Fsp3) is 0.400. The van der Waals surface area contributed by atoms with Crippen LogP contribution in [0.2, 0.25) is 5.02 Å². The Hall–Kier alpha value is -0.570. The van der Waals surface area contributed by atoms with Crippen LogP contribution in [0.4, 0.5) is 0 Å². The molecule has 1 heterocycles. The second kappa shape index (κ2) is 3.66. The molecule has 2 rings (SSSR count). The molecule has 2 atom stereocenters. The van der Waals surface area contributed by atoms with Crippen LogP contribution in [0, 0.1) is 0 Å². The first-order valence-corrected chi connectivity index (χ1v) is 4.66. The van der Waals surface area contributed by atoms with Gasteiger partial charge in [-0.25, -0.2) is 0 Å². The third-order valence-corrected chi connectivity index (χ3v) is 2.34. The van der Waals surface area contributed by atoms with E-state index in [-0.39, 0.29) is 12.4 Å². The van der Waals surface area contributed by atoms with E-state index in [1.165, 1.54) is 0 Å². The molecular formula is C10H11ClO2. The van der Waals surface area contributed by atoms with Crippen LogP contribution in [-0.2, 0) is 9.47 Å². The molecule has 0 amide bonds. The maximum Gasteiger partial charge on any atom is 0.185 e. The largest absolute Gasteiger partial charge is 0.346 e. The monoisotopic (exact) mass is 198 g/mol. The van der Waals surface area contributed by atoms with E-state index in [4.69, 9.17) is 21.1 Å². The lowest BCUT2D eigenvalue weighted by atomic mass is 10.2. The quantitative estimate of drug-likeness (QED) is 0.691. The van der Waals surface area contributed by atoms with Crippen molar-refractivity contribution in [1.29, 1.82) is 0 Å². The van der Waals surface area contributed by atoms with Crippen molar-refractivity contribution in [2.24, 2.45) is 0 Å². The molecule has 13 heavy (non-hydrogen) atoms. The second-order valence-electron chi connectivity index (χ2n) is 3.13.